The van der Waals surface area contributed by atoms with E-state index in [0.717, 1.165) is 12.8 Å². The fraction of sp³-hybridized carbons (Fsp3) is 0.786. The Bertz CT molecular complexity index is 277. The lowest BCUT2D eigenvalue weighted by atomic mass is 10.1. The van der Waals surface area contributed by atoms with Crippen molar-refractivity contribution in [3.8, 4) is 0 Å². The van der Waals surface area contributed by atoms with E-state index in [1.54, 1.807) is 6.26 Å². The molecular weight excluding hydrogens is 262 g/mol. The number of quaternary nitrogens is 1. The minimum Gasteiger partial charge on any atom is -0.550 e. The molecule has 0 saturated heterocycles. The molecule has 118 valence electrons. The second-order valence-electron chi connectivity index (χ2n) is 4.99. The van der Waals surface area contributed by atoms with Crippen molar-refractivity contribution in [1.29, 1.82) is 0 Å². The summed E-state index contributed by atoms with van der Waals surface area (Å²) in [7, 11) is 0. The molecule has 6 nitrogen and oxygen atoms in total. The summed E-state index contributed by atoms with van der Waals surface area (Å²) in [5.41, 5.74) is 0. The summed E-state index contributed by atoms with van der Waals surface area (Å²) in [5.74, 6) is -1.21. The Hall–Kier alpha value is -1.11. The molecule has 0 saturated carbocycles. The van der Waals surface area contributed by atoms with Gasteiger partial charge in [0, 0.05) is 12.4 Å². The van der Waals surface area contributed by atoms with E-state index in [1.165, 1.54) is 19.3 Å². The third-order valence-corrected chi connectivity index (χ3v) is 3.16. The van der Waals surface area contributed by atoms with Crippen molar-refractivity contribution in [3.63, 3.8) is 0 Å². The second-order valence-corrected chi connectivity index (χ2v) is 4.99. The molecule has 0 aliphatic carbocycles. The Kier molecular flexibility index (Phi) is 11.0. The number of ether oxygens (including phenoxy) is 1. The maximum Gasteiger partial charge on any atom is 0.226 e. The zero-order valence-electron chi connectivity index (χ0n) is 12.3. The number of aliphatic carboxylic acids is 1. The van der Waals surface area contributed by atoms with Crippen LogP contribution in [0.4, 0.5) is 0 Å². The lowest BCUT2D eigenvalue weighted by Gasteiger charge is -2.33. The number of aliphatic hydroxyl groups excluding tert-OH is 2. The Morgan fingerprint density at radius 1 is 1.25 bits per heavy atom. The fourth-order valence-corrected chi connectivity index (χ4v) is 1.69. The first kappa shape index (κ1) is 18.9. The lowest BCUT2D eigenvalue weighted by molar-refractivity contribution is -0.975. The zero-order valence-corrected chi connectivity index (χ0v) is 12.3. The Morgan fingerprint density at radius 3 is 2.50 bits per heavy atom. The summed E-state index contributed by atoms with van der Waals surface area (Å²) in [6.07, 6.45) is 8.88. The molecule has 2 N–H and O–H groups in total. The van der Waals surface area contributed by atoms with Crippen LogP contribution in [0.25, 0.3) is 0 Å². The van der Waals surface area contributed by atoms with Crippen molar-refractivity contribution in [2.45, 2.75) is 45.4 Å². The van der Waals surface area contributed by atoms with Gasteiger partial charge >= 0.3 is 0 Å². The van der Waals surface area contributed by atoms with Crippen molar-refractivity contribution in [1.82, 2.24) is 0 Å². The maximum absolute atomic E-state index is 10.4. The number of hydrogen-bond acceptors (Lipinski definition) is 5. The van der Waals surface area contributed by atoms with E-state index >= 15 is 0 Å². The molecule has 0 spiro atoms. The van der Waals surface area contributed by atoms with Gasteiger partial charge in [-0.05, 0) is 18.9 Å². The molecule has 20 heavy (non-hydrogen) atoms. The molecule has 0 radical (unpaired) electrons. The van der Waals surface area contributed by atoms with E-state index in [-0.39, 0.29) is 37.6 Å². The van der Waals surface area contributed by atoms with Gasteiger partial charge in [-0.2, -0.15) is 0 Å². The predicted molar refractivity (Wildman–Crippen MR) is 72.8 cm³/mol. The van der Waals surface area contributed by atoms with E-state index in [2.05, 4.69) is 6.92 Å². The van der Waals surface area contributed by atoms with E-state index in [4.69, 9.17) is 4.74 Å². The lowest BCUT2D eigenvalue weighted by Crippen LogP contribution is -2.52. The van der Waals surface area contributed by atoms with E-state index in [9.17, 15) is 20.1 Å². The average molecular weight is 289 g/mol. The van der Waals surface area contributed by atoms with Crippen molar-refractivity contribution in [2.24, 2.45) is 0 Å². The average Bonchev–Trinajstić information content (AvgIpc) is 2.45. The van der Waals surface area contributed by atoms with Crippen LogP contribution in [0.2, 0.25) is 0 Å². The van der Waals surface area contributed by atoms with Gasteiger partial charge < -0.3 is 24.9 Å². The van der Waals surface area contributed by atoms with E-state index in [0.29, 0.717) is 0 Å². The van der Waals surface area contributed by atoms with Crippen LogP contribution in [-0.4, -0.2) is 47.4 Å². The molecule has 0 aromatic heterocycles. The summed E-state index contributed by atoms with van der Waals surface area (Å²) in [4.78, 5) is 10.4. The van der Waals surface area contributed by atoms with Crippen molar-refractivity contribution >= 4 is 5.97 Å². The summed E-state index contributed by atoms with van der Waals surface area (Å²) in [5, 5.41) is 29.0. The van der Waals surface area contributed by atoms with E-state index < -0.39 is 5.97 Å². The van der Waals surface area contributed by atoms with Gasteiger partial charge in [0.05, 0.1) is 12.8 Å². The Labute approximate surface area is 120 Å². The first-order valence-corrected chi connectivity index (χ1v) is 7.13. The zero-order chi connectivity index (χ0) is 15.3. The monoisotopic (exact) mass is 289 g/mol. The molecule has 0 amide bonds. The first-order valence-electron chi connectivity index (χ1n) is 7.13. The topological polar surface area (TPSA) is 89.8 Å². The minimum atomic E-state index is -1.21. The number of unbranched alkanes of at least 4 members (excludes halogenated alkanes) is 4. The number of carboxylic acids is 1. The largest absolute Gasteiger partial charge is 0.550 e. The van der Waals surface area contributed by atoms with E-state index in [1.807, 2.05) is 6.08 Å². The predicted octanol–water partition coefficient (Wildman–Crippen LogP) is 0.301. The molecule has 0 aliphatic heterocycles. The quantitative estimate of drug-likeness (QED) is 0.220. The van der Waals surface area contributed by atoms with Crippen LogP contribution >= 0.6 is 0 Å². The number of hydrogen-bond donors (Lipinski definition) is 2. The smallest absolute Gasteiger partial charge is 0.226 e. The molecule has 0 heterocycles. The normalized spacial score (nSPS) is 11.9. The highest BCUT2D eigenvalue weighted by Gasteiger charge is 2.25. The van der Waals surface area contributed by atoms with Crippen molar-refractivity contribution < 1.29 is 29.3 Å². The van der Waals surface area contributed by atoms with Crippen molar-refractivity contribution in [2.75, 3.05) is 26.7 Å². The SMILES string of the molecule is CCCCCC/C=C/OC[N+](CO)(CO)CCC(=O)[O-]. The number of carbonyl (C=O) groups is 1. The maximum atomic E-state index is 10.4. The molecule has 0 aliphatic rings. The molecule has 6 heteroatoms. The van der Waals surface area contributed by atoms with Crippen LogP contribution in [0.1, 0.15) is 45.4 Å². The van der Waals surface area contributed by atoms with Crippen LogP contribution in [0.5, 0.6) is 0 Å². The number of nitrogens with zero attached hydrogens (tertiary/aromatic N) is 1. The molecule has 0 aromatic rings. The van der Waals surface area contributed by atoms with Crippen LogP contribution in [0.3, 0.4) is 0 Å². The molecular formula is C14H27NO5. The van der Waals surface area contributed by atoms with Gasteiger partial charge in [-0.1, -0.05) is 26.2 Å². The van der Waals surface area contributed by atoms with Gasteiger partial charge in [0.2, 0.25) is 6.73 Å². The Balaban J connectivity index is 3.95. The van der Waals surface area contributed by atoms with Gasteiger partial charge in [-0.15, -0.1) is 0 Å². The summed E-state index contributed by atoms with van der Waals surface area (Å²) in [6, 6.07) is 0. The van der Waals surface area contributed by atoms with Gasteiger partial charge in [0.1, 0.15) is 0 Å². The number of carbonyl (C=O) groups excluding carboxylic acids is 1. The van der Waals surface area contributed by atoms with Gasteiger partial charge in [-0.25, -0.2) is 4.48 Å². The molecule has 0 atom stereocenters. The number of aliphatic hydroxyl groups is 2. The van der Waals surface area contributed by atoms with Crippen molar-refractivity contribution in [3.05, 3.63) is 12.3 Å². The fourth-order valence-electron chi connectivity index (χ4n) is 1.69. The molecule has 0 fully saturated rings. The minimum absolute atomic E-state index is 0.0335. The number of carboxylic acid groups (broad SMARTS) is 1. The molecule has 0 rings (SSSR count). The van der Waals surface area contributed by atoms with Gasteiger partial charge in [0.15, 0.2) is 13.5 Å². The molecule has 0 aromatic carbocycles. The van der Waals surface area contributed by atoms with Crippen LogP contribution in [-0.2, 0) is 9.53 Å². The second kappa shape index (κ2) is 11.7. The molecule has 0 bridgehead atoms. The van der Waals surface area contributed by atoms with Gasteiger partial charge in [-0.3, -0.25) is 0 Å². The highest BCUT2D eigenvalue weighted by molar-refractivity contribution is 5.64. The number of allylic oxidation sites excluding steroid dienone is 1. The molecule has 0 unspecified atom stereocenters. The summed E-state index contributed by atoms with van der Waals surface area (Å²) < 4.78 is 5.05. The third kappa shape index (κ3) is 8.90. The van der Waals surface area contributed by atoms with Gasteiger partial charge in [0.25, 0.3) is 0 Å². The summed E-state index contributed by atoms with van der Waals surface area (Å²) >= 11 is 0. The number of rotatable bonds is 13. The van der Waals surface area contributed by atoms with Crippen LogP contribution < -0.4 is 5.11 Å². The summed E-state index contributed by atoms with van der Waals surface area (Å²) in [6.45, 7) is 1.50. The highest BCUT2D eigenvalue weighted by atomic mass is 16.5. The highest BCUT2D eigenvalue weighted by Crippen LogP contribution is 2.07. The van der Waals surface area contributed by atoms with Crippen LogP contribution in [0, 0.1) is 0 Å². The first-order chi connectivity index (χ1) is 9.60. The standard InChI is InChI=1S/C14H27NO5/c1-2-3-4-5-6-7-10-20-13-15(11-16,12-17)9-8-14(18)19/h7,10,16-17H,2-6,8-9,11-13H2,1H3/b10-7+. The Morgan fingerprint density at radius 2 is 1.95 bits per heavy atom. The van der Waals surface area contributed by atoms with Crippen LogP contribution in [0.15, 0.2) is 12.3 Å². The third-order valence-electron chi connectivity index (χ3n) is 3.16.